The van der Waals surface area contributed by atoms with Crippen LogP contribution in [0.1, 0.15) is 31.7 Å². The lowest BCUT2D eigenvalue weighted by Crippen LogP contribution is -2.25. The number of aryl methyl sites for hydroxylation is 1. The molecule has 1 N–H and O–H groups in total. The lowest BCUT2D eigenvalue weighted by molar-refractivity contribution is 0.170. The lowest BCUT2D eigenvalue weighted by Gasteiger charge is -2.12. The molecule has 0 spiro atoms. The van der Waals surface area contributed by atoms with Gasteiger partial charge in [0.2, 0.25) is 5.75 Å². The number of carbonyl (C=O) groups excluding carboxylic acids is 1. The van der Waals surface area contributed by atoms with Gasteiger partial charge in [-0.15, -0.1) is 0 Å². The van der Waals surface area contributed by atoms with E-state index < -0.39 is 6.09 Å². The average molecular weight is 395 g/mol. The summed E-state index contributed by atoms with van der Waals surface area (Å²) in [6.07, 6.45) is 3.88. The predicted octanol–water partition coefficient (Wildman–Crippen LogP) is 4.96. The molecule has 3 aromatic rings. The Hall–Kier alpha value is -3.28. The van der Waals surface area contributed by atoms with Gasteiger partial charge in [-0.2, -0.15) is 0 Å². The van der Waals surface area contributed by atoms with Crippen LogP contribution < -0.4 is 10.2 Å². The monoisotopic (exact) mass is 395 g/mol. The van der Waals surface area contributed by atoms with E-state index in [1.54, 1.807) is 0 Å². The van der Waals surface area contributed by atoms with Crippen molar-refractivity contribution >= 4 is 17.1 Å². The normalized spacial score (nSPS) is 10.9. The molecular weight excluding hydrogens is 370 g/mol. The SMILES string of the molecule is CCCCCc1ccc(-c2cc(=O)c3ccc(OC(=O)N(C)C)c(O)c3o2)cc1. The van der Waals surface area contributed by atoms with E-state index in [0.717, 1.165) is 18.4 Å². The fourth-order valence-electron chi connectivity index (χ4n) is 3.01. The summed E-state index contributed by atoms with van der Waals surface area (Å²) in [6.45, 7) is 2.17. The van der Waals surface area contributed by atoms with Crippen LogP contribution in [0.5, 0.6) is 11.5 Å². The van der Waals surface area contributed by atoms with Crippen LogP contribution in [-0.2, 0) is 6.42 Å². The molecule has 1 amide bonds. The van der Waals surface area contributed by atoms with Crippen LogP contribution in [0, 0.1) is 0 Å². The number of hydrogen-bond donors (Lipinski definition) is 1. The molecule has 2 aromatic carbocycles. The molecule has 152 valence electrons. The van der Waals surface area contributed by atoms with E-state index >= 15 is 0 Å². The van der Waals surface area contributed by atoms with Gasteiger partial charge >= 0.3 is 6.09 Å². The highest BCUT2D eigenvalue weighted by molar-refractivity contribution is 5.87. The fraction of sp³-hybridized carbons (Fsp3) is 0.304. The average Bonchev–Trinajstić information content (AvgIpc) is 2.71. The molecule has 29 heavy (non-hydrogen) atoms. The van der Waals surface area contributed by atoms with Gasteiger partial charge < -0.3 is 19.2 Å². The van der Waals surface area contributed by atoms with E-state index in [0.29, 0.717) is 5.76 Å². The van der Waals surface area contributed by atoms with Gasteiger partial charge in [-0.25, -0.2) is 4.79 Å². The number of amides is 1. The second-order valence-electron chi connectivity index (χ2n) is 7.18. The first-order valence-electron chi connectivity index (χ1n) is 9.69. The molecule has 3 rings (SSSR count). The molecule has 0 unspecified atom stereocenters. The van der Waals surface area contributed by atoms with Gasteiger partial charge in [0.25, 0.3) is 0 Å². The highest BCUT2D eigenvalue weighted by Gasteiger charge is 2.17. The molecule has 0 aliphatic rings. The van der Waals surface area contributed by atoms with Gasteiger partial charge in [0, 0.05) is 25.7 Å². The maximum Gasteiger partial charge on any atom is 0.414 e. The number of nitrogens with zero attached hydrogens (tertiary/aromatic N) is 1. The molecule has 0 radical (unpaired) electrons. The molecule has 6 nitrogen and oxygen atoms in total. The van der Waals surface area contributed by atoms with E-state index in [2.05, 4.69) is 6.92 Å². The van der Waals surface area contributed by atoms with Gasteiger partial charge in [0.15, 0.2) is 16.8 Å². The zero-order valence-corrected chi connectivity index (χ0v) is 16.9. The van der Waals surface area contributed by atoms with Crippen molar-refractivity contribution in [3.63, 3.8) is 0 Å². The molecule has 0 saturated heterocycles. The van der Waals surface area contributed by atoms with E-state index in [9.17, 15) is 14.7 Å². The Morgan fingerprint density at radius 3 is 2.48 bits per heavy atom. The standard InChI is InChI=1S/C23H25NO5/c1-4-5-6-7-15-8-10-16(11-9-15)20-14-18(25)17-12-13-19(21(26)22(17)28-20)29-23(27)24(2)3/h8-14,26H,4-7H2,1-3H3. The van der Waals surface area contributed by atoms with Crippen molar-refractivity contribution in [2.24, 2.45) is 0 Å². The Morgan fingerprint density at radius 1 is 1.10 bits per heavy atom. The van der Waals surface area contributed by atoms with Crippen molar-refractivity contribution < 1.29 is 19.1 Å². The first-order valence-corrected chi connectivity index (χ1v) is 9.69. The number of aromatic hydroxyl groups is 1. The third kappa shape index (κ3) is 4.59. The van der Waals surface area contributed by atoms with Crippen molar-refractivity contribution in [2.45, 2.75) is 32.6 Å². The number of benzene rings is 2. The first kappa shape index (κ1) is 20.5. The number of phenolic OH excluding ortho intramolecular Hbond substituents is 1. The van der Waals surface area contributed by atoms with Crippen LogP contribution in [0.3, 0.4) is 0 Å². The molecule has 1 heterocycles. The summed E-state index contributed by atoms with van der Waals surface area (Å²) in [7, 11) is 3.06. The highest BCUT2D eigenvalue weighted by atomic mass is 16.6. The van der Waals surface area contributed by atoms with Crippen molar-refractivity contribution in [2.75, 3.05) is 14.1 Å². The fourth-order valence-corrected chi connectivity index (χ4v) is 3.01. The summed E-state index contributed by atoms with van der Waals surface area (Å²) >= 11 is 0. The summed E-state index contributed by atoms with van der Waals surface area (Å²) < 4.78 is 11.0. The zero-order valence-electron chi connectivity index (χ0n) is 16.9. The topological polar surface area (TPSA) is 80.0 Å². The van der Waals surface area contributed by atoms with Gasteiger partial charge in [-0.05, 0) is 30.5 Å². The molecule has 0 aliphatic carbocycles. The van der Waals surface area contributed by atoms with Crippen molar-refractivity contribution in [1.82, 2.24) is 4.90 Å². The number of phenols is 1. The maximum atomic E-state index is 12.5. The molecule has 0 aliphatic heterocycles. The third-order valence-corrected chi connectivity index (χ3v) is 4.70. The quantitative estimate of drug-likeness (QED) is 0.597. The maximum absolute atomic E-state index is 12.5. The second kappa shape index (κ2) is 8.82. The van der Waals surface area contributed by atoms with Gasteiger partial charge in [-0.3, -0.25) is 4.79 Å². The Morgan fingerprint density at radius 2 is 1.83 bits per heavy atom. The van der Waals surface area contributed by atoms with Crippen LogP contribution in [0.25, 0.3) is 22.3 Å². The summed E-state index contributed by atoms with van der Waals surface area (Å²) in [5, 5.41) is 10.7. The summed E-state index contributed by atoms with van der Waals surface area (Å²) in [5.74, 6) is -0.107. The number of hydrogen-bond acceptors (Lipinski definition) is 5. The Kier molecular flexibility index (Phi) is 6.22. The Bertz CT molecular complexity index is 1070. The minimum atomic E-state index is -0.642. The molecular formula is C23H25NO5. The lowest BCUT2D eigenvalue weighted by atomic mass is 10.0. The Labute approximate surface area is 169 Å². The Balaban J connectivity index is 1.96. The smallest absolute Gasteiger partial charge is 0.414 e. The summed E-state index contributed by atoms with van der Waals surface area (Å²) in [4.78, 5) is 25.5. The predicted molar refractivity (Wildman–Crippen MR) is 113 cm³/mol. The molecule has 0 bridgehead atoms. The number of fused-ring (bicyclic) bond motifs is 1. The highest BCUT2D eigenvalue weighted by Crippen LogP contribution is 2.35. The van der Waals surface area contributed by atoms with E-state index in [-0.39, 0.29) is 27.9 Å². The van der Waals surface area contributed by atoms with Crippen LogP contribution in [0.2, 0.25) is 0 Å². The van der Waals surface area contributed by atoms with Gasteiger partial charge in [-0.1, -0.05) is 44.0 Å². The van der Waals surface area contributed by atoms with E-state index in [1.807, 2.05) is 24.3 Å². The number of unbranched alkanes of at least 4 members (excludes halogenated alkanes) is 2. The number of ether oxygens (including phenoxy) is 1. The second-order valence-corrected chi connectivity index (χ2v) is 7.18. The van der Waals surface area contributed by atoms with E-state index in [4.69, 9.17) is 9.15 Å². The van der Waals surface area contributed by atoms with E-state index in [1.165, 1.54) is 55.6 Å². The van der Waals surface area contributed by atoms with Gasteiger partial charge in [0.1, 0.15) is 5.76 Å². The molecule has 6 heteroatoms. The first-order chi connectivity index (χ1) is 13.9. The molecule has 1 aromatic heterocycles. The van der Waals surface area contributed by atoms with Crippen LogP contribution in [0.4, 0.5) is 4.79 Å². The molecule has 0 saturated carbocycles. The van der Waals surface area contributed by atoms with Crippen LogP contribution in [-0.4, -0.2) is 30.2 Å². The molecule has 0 fully saturated rings. The summed E-state index contributed by atoms with van der Waals surface area (Å²) in [5.41, 5.74) is 1.67. The number of rotatable bonds is 6. The van der Waals surface area contributed by atoms with Crippen molar-refractivity contribution in [3.8, 4) is 22.8 Å². The summed E-state index contributed by atoms with van der Waals surface area (Å²) in [6, 6.07) is 12.1. The zero-order chi connectivity index (χ0) is 21.0. The van der Waals surface area contributed by atoms with Gasteiger partial charge in [0.05, 0.1) is 5.39 Å². The van der Waals surface area contributed by atoms with Crippen molar-refractivity contribution in [1.29, 1.82) is 0 Å². The minimum absolute atomic E-state index is 0.0106. The largest absolute Gasteiger partial charge is 0.502 e. The van der Waals surface area contributed by atoms with Crippen molar-refractivity contribution in [3.05, 3.63) is 58.3 Å². The van der Waals surface area contributed by atoms with Crippen LogP contribution >= 0.6 is 0 Å². The number of carbonyl (C=O) groups is 1. The third-order valence-electron chi connectivity index (χ3n) is 4.70. The minimum Gasteiger partial charge on any atom is -0.502 e. The van der Waals surface area contributed by atoms with Crippen LogP contribution in [0.15, 0.2) is 51.7 Å². The molecule has 0 atom stereocenters.